The van der Waals surface area contributed by atoms with Gasteiger partial charge in [0.15, 0.2) is 0 Å². The number of fused-ring (bicyclic) bond motifs is 7. The molecule has 5 aliphatic carbocycles. The second kappa shape index (κ2) is 12.1. The van der Waals surface area contributed by atoms with Gasteiger partial charge in [0.2, 0.25) is 5.91 Å². The molecule has 10 atom stereocenters. The van der Waals surface area contributed by atoms with Crippen molar-refractivity contribution < 1.29 is 29.0 Å². The minimum Gasteiger partial charge on any atom is -0.481 e. The molecular formula is C41H65NO6. The number of rotatable bonds is 7. The van der Waals surface area contributed by atoms with Crippen LogP contribution < -0.4 is 0 Å². The molecule has 7 nitrogen and oxygen atoms in total. The summed E-state index contributed by atoms with van der Waals surface area (Å²) in [6, 6.07) is 0. The predicted molar refractivity (Wildman–Crippen MR) is 187 cm³/mol. The van der Waals surface area contributed by atoms with Gasteiger partial charge in [0, 0.05) is 24.9 Å². The van der Waals surface area contributed by atoms with Gasteiger partial charge in [-0.15, -0.1) is 0 Å². The van der Waals surface area contributed by atoms with E-state index in [4.69, 9.17) is 9.47 Å². The zero-order valence-corrected chi connectivity index (χ0v) is 31.4. The topological polar surface area (TPSA) is 93.1 Å². The Hall–Kier alpha value is -1.89. The Bertz CT molecular complexity index is 1320. The van der Waals surface area contributed by atoms with Gasteiger partial charge >= 0.3 is 11.9 Å². The van der Waals surface area contributed by atoms with Crippen LogP contribution in [0.4, 0.5) is 0 Å². The summed E-state index contributed by atoms with van der Waals surface area (Å²) < 4.78 is 11.8. The zero-order valence-electron chi connectivity index (χ0n) is 31.4. The van der Waals surface area contributed by atoms with Crippen molar-refractivity contribution in [3.63, 3.8) is 0 Å². The Morgan fingerprint density at radius 1 is 0.875 bits per heavy atom. The van der Waals surface area contributed by atoms with Gasteiger partial charge in [0.25, 0.3) is 0 Å². The molecule has 0 radical (unpaired) electrons. The van der Waals surface area contributed by atoms with E-state index >= 15 is 0 Å². The first kappa shape index (κ1) is 35.9. The first-order chi connectivity index (χ1) is 22.3. The Labute approximate surface area is 290 Å². The minimum absolute atomic E-state index is 0.0760. The smallest absolute Gasteiger partial charge is 0.309 e. The maximum absolute atomic E-state index is 13.9. The molecule has 6 rings (SSSR count). The number of amides is 1. The quantitative estimate of drug-likeness (QED) is 0.217. The fourth-order valence-corrected chi connectivity index (χ4v) is 13.6. The molecule has 0 unspecified atom stereocenters. The number of carbonyl (C=O) groups excluding carboxylic acids is 2. The number of allylic oxidation sites excluding steroid dienone is 1. The van der Waals surface area contributed by atoms with Gasteiger partial charge < -0.3 is 19.5 Å². The van der Waals surface area contributed by atoms with E-state index in [1.165, 1.54) is 37.7 Å². The molecule has 0 bridgehead atoms. The van der Waals surface area contributed by atoms with Crippen LogP contribution in [-0.4, -0.2) is 60.3 Å². The Morgan fingerprint density at radius 2 is 1.56 bits per heavy atom. The summed E-state index contributed by atoms with van der Waals surface area (Å²) in [6.07, 6.45) is 11.7. The van der Waals surface area contributed by atoms with Crippen molar-refractivity contribution in [3.05, 3.63) is 12.2 Å². The normalized spacial score (nSPS) is 43.6. The van der Waals surface area contributed by atoms with Gasteiger partial charge in [-0.05, 0) is 136 Å². The molecule has 270 valence electrons. The molecule has 0 aromatic carbocycles. The van der Waals surface area contributed by atoms with Crippen LogP contribution in [0.1, 0.15) is 132 Å². The van der Waals surface area contributed by atoms with Gasteiger partial charge in [-0.2, -0.15) is 0 Å². The molecule has 0 aromatic rings. The van der Waals surface area contributed by atoms with Crippen molar-refractivity contribution in [1.29, 1.82) is 0 Å². The summed E-state index contributed by atoms with van der Waals surface area (Å²) in [6.45, 7) is 25.2. The fraction of sp³-hybridized carbons (Fsp3) is 0.878. The monoisotopic (exact) mass is 667 g/mol. The van der Waals surface area contributed by atoms with E-state index < -0.39 is 11.4 Å². The lowest BCUT2D eigenvalue weighted by Gasteiger charge is -2.73. The molecule has 1 aliphatic heterocycles. The number of nitrogens with zero attached hydrogens (tertiary/aromatic N) is 1. The van der Waals surface area contributed by atoms with Crippen molar-refractivity contribution in [2.75, 3.05) is 26.3 Å². The molecule has 6 fully saturated rings. The molecule has 6 aliphatic rings. The number of esters is 1. The second-order valence-corrected chi connectivity index (χ2v) is 19.4. The number of carboxylic acid groups (broad SMARTS) is 1. The molecule has 1 saturated heterocycles. The highest BCUT2D eigenvalue weighted by atomic mass is 16.5. The van der Waals surface area contributed by atoms with Crippen LogP contribution in [0.15, 0.2) is 12.2 Å². The Balaban J connectivity index is 1.25. The molecule has 48 heavy (non-hydrogen) atoms. The van der Waals surface area contributed by atoms with Crippen LogP contribution >= 0.6 is 0 Å². The highest BCUT2D eigenvalue weighted by Gasteiger charge is 2.71. The number of morpholine rings is 1. The van der Waals surface area contributed by atoms with Crippen LogP contribution in [0.2, 0.25) is 0 Å². The largest absolute Gasteiger partial charge is 0.481 e. The summed E-state index contributed by atoms with van der Waals surface area (Å²) >= 11 is 0. The van der Waals surface area contributed by atoms with E-state index in [1.807, 2.05) is 0 Å². The molecule has 0 spiro atoms. The summed E-state index contributed by atoms with van der Waals surface area (Å²) in [5, 5.41) is 9.59. The van der Waals surface area contributed by atoms with Crippen LogP contribution in [-0.2, 0) is 23.9 Å². The summed E-state index contributed by atoms with van der Waals surface area (Å²) in [7, 11) is 0. The number of aliphatic carboxylic acids is 1. The van der Waals surface area contributed by atoms with Gasteiger partial charge in [-0.1, -0.05) is 46.8 Å². The first-order valence-corrected chi connectivity index (χ1v) is 19.3. The Morgan fingerprint density at radius 3 is 2.21 bits per heavy atom. The van der Waals surface area contributed by atoms with Gasteiger partial charge in [-0.3, -0.25) is 14.4 Å². The van der Waals surface area contributed by atoms with E-state index in [-0.39, 0.29) is 45.6 Å². The molecular weight excluding hydrogens is 602 g/mol. The van der Waals surface area contributed by atoms with E-state index in [0.717, 1.165) is 45.2 Å². The average molecular weight is 668 g/mol. The van der Waals surface area contributed by atoms with Gasteiger partial charge in [0.1, 0.15) is 6.10 Å². The van der Waals surface area contributed by atoms with E-state index in [1.54, 1.807) is 13.8 Å². The van der Waals surface area contributed by atoms with Crippen molar-refractivity contribution in [2.45, 2.75) is 139 Å². The summed E-state index contributed by atoms with van der Waals surface area (Å²) in [5.41, 5.74) is 0.621. The maximum atomic E-state index is 13.9. The lowest BCUT2D eigenvalue weighted by molar-refractivity contribution is -0.250. The first-order valence-electron chi connectivity index (χ1n) is 19.3. The van der Waals surface area contributed by atoms with Crippen LogP contribution in [0.3, 0.4) is 0 Å². The third-order valence-electron chi connectivity index (χ3n) is 16.5. The average Bonchev–Trinajstić information content (AvgIpc) is 3.39. The third-order valence-corrected chi connectivity index (χ3v) is 16.5. The van der Waals surface area contributed by atoms with Crippen molar-refractivity contribution >= 4 is 17.8 Å². The number of carboxylic acids is 1. The molecule has 0 aromatic heterocycles. The van der Waals surface area contributed by atoms with Crippen LogP contribution in [0, 0.1) is 62.1 Å². The van der Waals surface area contributed by atoms with Crippen LogP contribution in [0.25, 0.3) is 0 Å². The fourth-order valence-electron chi connectivity index (χ4n) is 13.6. The van der Waals surface area contributed by atoms with Crippen LogP contribution in [0.5, 0.6) is 0 Å². The van der Waals surface area contributed by atoms with Crippen molar-refractivity contribution in [2.24, 2.45) is 62.1 Å². The van der Waals surface area contributed by atoms with Crippen molar-refractivity contribution in [1.82, 2.24) is 4.90 Å². The number of ether oxygens (including phenoxy) is 2. The molecule has 5 saturated carbocycles. The van der Waals surface area contributed by atoms with Gasteiger partial charge in [0.05, 0.1) is 25.0 Å². The molecule has 1 N–H and O–H groups in total. The van der Waals surface area contributed by atoms with Gasteiger partial charge in [-0.25, -0.2) is 0 Å². The third kappa shape index (κ3) is 5.41. The highest BCUT2D eigenvalue weighted by Crippen LogP contribution is 2.78. The summed E-state index contributed by atoms with van der Waals surface area (Å²) in [5.74, 6) is 1.62. The predicted octanol–water partition coefficient (Wildman–Crippen LogP) is 8.31. The maximum Gasteiger partial charge on any atom is 0.309 e. The lowest BCUT2D eigenvalue weighted by atomic mass is 9.32. The highest BCUT2D eigenvalue weighted by molar-refractivity contribution is 5.81. The lowest BCUT2D eigenvalue weighted by Crippen LogP contribution is -2.67. The Kier molecular flexibility index (Phi) is 9.07. The molecule has 1 amide bonds. The standard InChI is InChI=1S/C41H65NO6/c1-26(2)27-12-17-41(24-32(43)42-20-22-47-23-21-42)19-18-39(8)28(34(27)41)10-11-30-38(7)15-14-31(48-33(44)25-36(3,4)35(45)46)37(5,6)29(38)13-16-40(30,39)9/h27-31,34H,1,10-25H2,2-9H3,(H,45,46)/t27-,28+,29-,30+,31-,34+,38-,39+,40+,41+/m0/s1. The number of hydrogen-bond acceptors (Lipinski definition) is 5. The number of hydrogen-bond donors (Lipinski definition) is 1. The minimum atomic E-state index is -1.14. The molecule has 1 heterocycles. The van der Waals surface area contributed by atoms with E-state index in [9.17, 15) is 19.5 Å². The second-order valence-electron chi connectivity index (χ2n) is 19.4. The van der Waals surface area contributed by atoms with E-state index in [2.05, 4.69) is 53.0 Å². The summed E-state index contributed by atoms with van der Waals surface area (Å²) in [4.78, 5) is 40.7. The zero-order chi connectivity index (χ0) is 35.1. The van der Waals surface area contributed by atoms with Crippen molar-refractivity contribution in [3.8, 4) is 0 Å². The number of carbonyl (C=O) groups is 3. The molecule has 7 heteroatoms. The SMILES string of the molecule is C=C(C)[C@@H]1CC[C@]2(CC(=O)N3CCOCC3)CC[C@]3(C)[C@H](CC[C@@H]4[C@@]5(C)CC[C@H](OC(=O)CC(C)(C)C(=O)O)C(C)(C)[C@@H]5CC[C@]43C)[C@@H]12. The van der Waals surface area contributed by atoms with E-state index in [0.29, 0.717) is 55.1 Å².